The van der Waals surface area contributed by atoms with E-state index in [-0.39, 0.29) is 49.8 Å². The molecule has 0 atom stereocenters. The molecule has 0 fully saturated rings. The van der Waals surface area contributed by atoms with Gasteiger partial charge in [0.05, 0.1) is 63.7 Å². The lowest BCUT2D eigenvalue weighted by molar-refractivity contribution is 0.0168. The van der Waals surface area contributed by atoms with Gasteiger partial charge >= 0.3 is 0 Å². The van der Waals surface area contributed by atoms with E-state index in [9.17, 15) is 35.9 Å². The summed E-state index contributed by atoms with van der Waals surface area (Å²) in [6.45, 7) is -0.713. The van der Waals surface area contributed by atoms with Gasteiger partial charge in [0.1, 0.15) is 11.6 Å². The fourth-order valence-electron chi connectivity index (χ4n) is 3.77. The highest BCUT2D eigenvalue weighted by molar-refractivity contribution is 14.1. The molecular weight excluding hydrogens is 963 g/mol. The van der Waals surface area contributed by atoms with Crippen LogP contribution in [0.4, 0.5) is 49.1 Å². The summed E-state index contributed by atoms with van der Waals surface area (Å²) in [6, 6.07) is 9.87. The molecule has 20 heteroatoms. The van der Waals surface area contributed by atoms with Crippen LogP contribution in [0.15, 0.2) is 48.5 Å². The Bertz CT molecular complexity index is 1900. The third kappa shape index (κ3) is 11.7. The van der Waals surface area contributed by atoms with Crippen LogP contribution in [-0.4, -0.2) is 48.5 Å². The molecule has 2 amide bonds. The van der Waals surface area contributed by atoms with Crippen LogP contribution in [0.25, 0.3) is 0 Å². The van der Waals surface area contributed by atoms with Crippen LogP contribution in [0.3, 0.4) is 0 Å². The van der Waals surface area contributed by atoms with Crippen molar-refractivity contribution in [1.29, 1.82) is 0 Å². The van der Waals surface area contributed by atoms with Gasteiger partial charge in [0.15, 0.2) is 23.3 Å². The van der Waals surface area contributed by atoms with E-state index in [0.29, 0.717) is 7.14 Å². The van der Waals surface area contributed by atoms with Gasteiger partial charge in [0, 0.05) is 13.7 Å². The van der Waals surface area contributed by atoms with E-state index in [0.717, 1.165) is 12.1 Å². The molecular formula is C31H24Cl2F6I2N4O6. The predicted molar refractivity (Wildman–Crippen MR) is 193 cm³/mol. The van der Waals surface area contributed by atoms with Crippen LogP contribution in [-0.2, 0) is 9.68 Å². The molecule has 0 bridgehead atoms. The number of nitrogens with one attached hydrogen (secondary N) is 4. The van der Waals surface area contributed by atoms with Crippen molar-refractivity contribution in [2.45, 2.75) is 6.42 Å². The minimum atomic E-state index is -1.45. The number of anilines is 4. The van der Waals surface area contributed by atoms with Crippen LogP contribution in [0.2, 0.25) is 10.0 Å². The van der Waals surface area contributed by atoms with Crippen LogP contribution in [0, 0.1) is 42.0 Å². The number of hydrogen-bond acceptors (Lipinski definition) is 8. The standard InChI is InChI=1S/C16H13ClF3IN2O3.C15H11ClF3IN2O3/c17-10-7-9(16(25)23-26-5-1-4-24)15(14(20)13(10)19)22-12-3-2-8(21)6-11(12)18;16-9-6-8(15(24)22-25-4-3-23)14(13(19)12(9)18)21-11-2-1-7(20)5-10(11)17/h2-3,6-7,22,24H,1,4-5H2,(H,23,25);1-2,5-6,21,23H,3-4H2,(H,22,24). The molecule has 274 valence electrons. The van der Waals surface area contributed by atoms with E-state index in [1.807, 2.05) is 56.1 Å². The van der Waals surface area contributed by atoms with E-state index in [1.165, 1.54) is 24.3 Å². The third-order valence-electron chi connectivity index (χ3n) is 6.12. The Balaban J connectivity index is 0.000000276. The lowest BCUT2D eigenvalue weighted by atomic mass is 10.1. The van der Waals surface area contributed by atoms with E-state index in [4.69, 9.17) is 38.3 Å². The Morgan fingerprint density at radius 1 is 0.627 bits per heavy atom. The Labute approximate surface area is 323 Å². The summed E-state index contributed by atoms with van der Waals surface area (Å²) in [5.74, 6) is -8.95. The van der Waals surface area contributed by atoms with Crippen molar-refractivity contribution in [1.82, 2.24) is 11.0 Å². The predicted octanol–water partition coefficient (Wildman–Crippen LogP) is 7.91. The molecule has 0 spiro atoms. The molecule has 0 aliphatic heterocycles. The first-order chi connectivity index (χ1) is 24.2. The third-order valence-corrected chi connectivity index (χ3v) is 8.02. The zero-order chi connectivity index (χ0) is 37.8. The lowest BCUT2D eigenvalue weighted by Crippen LogP contribution is -2.26. The summed E-state index contributed by atoms with van der Waals surface area (Å²) < 4.78 is 85.3. The van der Waals surface area contributed by atoms with Crippen molar-refractivity contribution in [2.75, 3.05) is 37.1 Å². The number of aliphatic hydroxyl groups is 2. The molecule has 4 rings (SSSR count). The van der Waals surface area contributed by atoms with Crippen LogP contribution < -0.4 is 21.6 Å². The van der Waals surface area contributed by atoms with Gasteiger partial charge in [-0.25, -0.2) is 37.3 Å². The number of benzene rings is 4. The van der Waals surface area contributed by atoms with E-state index in [1.54, 1.807) is 12.1 Å². The molecule has 0 aromatic heterocycles. The summed E-state index contributed by atoms with van der Waals surface area (Å²) >= 11 is 15.0. The fraction of sp³-hybridized carbons (Fsp3) is 0.161. The number of hydroxylamine groups is 2. The van der Waals surface area contributed by atoms with Crippen molar-refractivity contribution in [3.8, 4) is 0 Å². The minimum absolute atomic E-state index is 0.00810. The van der Waals surface area contributed by atoms with Crippen LogP contribution in [0.5, 0.6) is 0 Å². The van der Waals surface area contributed by atoms with Gasteiger partial charge in [-0.3, -0.25) is 19.3 Å². The molecule has 0 aliphatic rings. The molecule has 0 heterocycles. The summed E-state index contributed by atoms with van der Waals surface area (Å²) in [5.41, 5.74) is 1.68. The highest BCUT2D eigenvalue weighted by atomic mass is 127. The van der Waals surface area contributed by atoms with Crippen molar-refractivity contribution in [3.05, 3.63) is 112 Å². The quantitative estimate of drug-likeness (QED) is 0.0261. The molecule has 0 saturated carbocycles. The molecule has 0 aliphatic carbocycles. The van der Waals surface area contributed by atoms with Gasteiger partial charge in [-0.15, -0.1) is 0 Å². The monoisotopic (exact) mass is 986 g/mol. The molecule has 0 saturated heterocycles. The van der Waals surface area contributed by atoms with E-state index >= 15 is 0 Å². The number of amides is 2. The number of rotatable bonds is 13. The normalized spacial score (nSPS) is 10.7. The number of aliphatic hydroxyl groups excluding tert-OH is 2. The van der Waals surface area contributed by atoms with Crippen molar-refractivity contribution < 1.29 is 55.8 Å². The first kappa shape index (κ1) is 42.3. The SMILES string of the molecule is O=C(NOCCCO)c1cc(Cl)c(F)c(F)c1Nc1ccc(I)cc1F.O=C(NOCCO)c1cc(Cl)c(F)c(F)c1Nc1ccc(I)cc1F. The summed E-state index contributed by atoms with van der Waals surface area (Å²) in [6.07, 6.45) is 0.262. The lowest BCUT2D eigenvalue weighted by Gasteiger charge is -2.15. The average molecular weight is 987 g/mol. The first-order valence-electron chi connectivity index (χ1n) is 14.0. The maximum atomic E-state index is 14.3. The molecule has 4 aromatic carbocycles. The van der Waals surface area contributed by atoms with Gasteiger partial charge in [-0.05, 0) is 100 Å². The topological polar surface area (TPSA) is 141 Å². The average Bonchev–Trinajstić information content (AvgIpc) is 3.09. The number of hydrogen-bond donors (Lipinski definition) is 6. The van der Waals surface area contributed by atoms with Gasteiger partial charge in [-0.1, -0.05) is 23.2 Å². The molecule has 0 unspecified atom stereocenters. The largest absolute Gasteiger partial charge is 0.396 e. The molecule has 51 heavy (non-hydrogen) atoms. The second-order valence-electron chi connectivity index (χ2n) is 9.68. The Hall–Kier alpha value is -3.12. The Kier molecular flexibility index (Phi) is 16.8. The van der Waals surface area contributed by atoms with Gasteiger partial charge in [0.2, 0.25) is 0 Å². The van der Waals surface area contributed by atoms with Gasteiger partial charge < -0.3 is 20.8 Å². The Morgan fingerprint density at radius 3 is 1.41 bits per heavy atom. The Morgan fingerprint density at radius 2 is 1.04 bits per heavy atom. The number of halogens is 10. The molecule has 6 N–H and O–H groups in total. The second kappa shape index (κ2) is 20.2. The molecule has 10 nitrogen and oxygen atoms in total. The van der Waals surface area contributed by atoms with E-state index in [2.05, 4.69) is 15.5 Å². The molecule has 4 aromatic rings. The van der Waals surface area contributed by atoms with Crippen molar-refractivity contribution in [2.24, 2.45) is 0 Å². The minimum Gasteiger partial charge on any atom is -0.396 e. The zero-order valence-electron chi connectivity index (χ0n) is 25.5. The summed E-state index contributed by atoms with van der Waals surface area (Å²) in [4.78, 5) is 33.7. The van der Waals surface area contributed by atoms with Gasteiger partial charge in [0.25, 0.3) is 11.8 Å². The van der Waals surface area contributed by atoms with E-state index < -0.39 is 73.7 Å². The highest BCUT2D eigenvalue weighted by Crippen LogP contribution is 2.34. The van der Waals surface area contributed by atoms with Crippen molar-refractivity contribution >= 4 is 103 Å². The summed E-state index contributed by atoms with van der Waals surface area (Å²) in [7, 11) is 0. The number of carbonyl (C=O) groups is 2. The number of carbonyl (C=O) groups excluding carboxylic acids is 2. The van der Waals surface area contributed by atoms with Crippen LogP contribution >= 0.6 is 68.4 Å². The highest BCUT2D eigenvalue weighted by Gasteiger charge is 2.25. The van der Waals surface area contributed by atoms with Crippen LogP contribution in [0.1, 0.15) is 27.1 Å². The van der Waals surface area contributed by atoms with Crippen molar-refractivity contribution in [3.63, 3.8) is 0 Å². The first-order valence-corrected chi connectivity index (χ1v) is 17.0. The zero-order valence-corrected chi connectivity index (χ0v) is 31.3. The smallest absolute Gasteiger partial charge is 0.277 e. The van der Waals surface area contributed by atoms with Gasteiger partial charge in [-0.2, -0.15) is 0 Å². The fourth-order valence-corrected chi connectivity index (χ4v) is 5.06. The maximum Gasteiger partial charge on any atom is 0.277 e. The summed E-state index contributed by atoms with van der Waals surface area (Å²) in [5, 5.41) is 20.8. The second-order valence-corrected chi connectivity index (χ2v) is 13.0. The molecule has 0 radical (unpaired) electrons. The maximum absolute atomic E-state index is 14.3.